The van der Waals surface area contributed by atoms with Gasteiger partial charge in [-0.25, -0.2) is 0 Å². The topological polar surface area (TPSA) is 29.3 Å². The molecule has 2 aromatic carbocycles. The second-order valence-corrected chi connectivity index (χ2v) is 5.53. The molecule has 0 saturated carbocycles. The number of rotatable bonds is 5. The van der Waals surface area contributed by atoms with Crippen LogP contribution in [0.2, 0.25) is 5.02 Å². The maximum Gasteiger partial charge on any atom is 0.0428 e. The van der Waals surface area contributed by atoms with Crippen LogP contribution in [0.5, 0.6) is 0 Å². The average Bonchev–Trinajstić information content (AvgIpc) is 2.43. The predicted octanol–water partition coefficient (Wildman–Crippen LogP) is 3.79. The van der Waals surface area contributed by atoms with E-state index in [9.17, 15) is 0 Å². The first-order valence-electron chi connectivity index (χ1n) is 6.86. The van der Waals surface area contributed by atoms with Crippen molar-refractivity contribution in [2.45, 2.75) is 19.9 Å². The summed E-state index contributed by atoms with van der Waals surface area (Å²) in [5.41, 5.74) is 10.7. The van der Waals surface area contributed by atoms with Gasteiger partial charge in [-0.1, -0.05) is 41.9 Å². The van der Waals surface area contributed by atoms with Gasteiger partial charge in [0.05, 0.1) is 0 Å². The van der Waals surface area contributed by atoms with Crippen molar-refractivity contribution < 1.29 is 0 Å². The first-order chi connectivity index (χ1) is 9.61. The summed E-state index contributed by atoms with van der Waals surface area (Å²) in [5.74, 6) is 0. The molecule has 0 spiro atoms. The van der Waals surface area contributed by atoms with Crippen molar-refractivity contribution in [1.82, 2.24) is 0 Å². The number of hydrogen-bond acceptors (Lipinski definition) is 2. The van der Waals surface area contributed by atoms with Gasteiger partial charge in [-0.3, -0.25) is 0 Å². The minimum absolute atomic E-state index is 0.646. The summed E-state index contributed by atoms with van der Waals surface area (Å²) in [4.78, 5) is 2.24. The van der Waals surface area contributed by atoms with E-state index in [2.05, 4.69) is 49.2 Å². The quantitative estimate of drug-likeness (QED) is 0.907. The largest absolute Gasteiger partial charge is 0.370 e. The molecule has 0 radical (unpaired) electrons. The van der Waals surface area contributed by atoms with Crippen molar-refractivity contribution >= 4 is 17.3 Å². The van der Waals surface area contributed by atoms with Gasteiger partial charge in [-0.05, 0) is 48.7 Å². The minimum atomic E-state index is 0.646. The van der Waals surface area contributed by atoms with Crippen LogP contribution in [-0.2, 0) is 13.0 Å². The number of anilines is 1. The van der Waals surface area contributed by atoms with Gasteiger partial charge < -0.3 is 10.6 Å². The molecule has 0 aliphatic heterocycles. The molecule has 2 N–H and O–H groups in total. The monoisotopic (exact) mass is 288 g/mol. The molecule has 0 saturated heterocycles. The highest BCUT2D eigenvalue weighted by atomic mass is 35.5. The molecular formula is C17H21ClN2. The maximum atomic E-state index is 6.14. The van der Waals surface area contributed by atoms with Gasteiger partial charge in [0.25, 0.3) is 0 Å². The van der Waals surface area contributed by atoms with Crippen molar-refractivity contribution in [3.8, 4) is 0 Å². The molecule has 0 amide bonds. The number of benzene rings is 2. The Balaban J connectivity index is 2.26. The second kappa shape index (κ2) is 6.78. The van der Waals surface area contributed by atoms with E-state index < -0.39 is 0 Å². The fourth-order valence-electron chi connectivity index (χ4n) is 2.39. The molecule has 106 valence electrons. The zero-order chi connectivity index (χ0) is 14.5. The van der Waals surface area contributed by atoms with Crippen LogP contribution < -0.4 is 10.6 Å². The third-order valence-corrected chi connectivity index (χ3v) is 3.78. The Kier molecular flexibility index (Phi) is 5.05. The Morgan fingerprint density at radius 3 is 2.55 bits per heavy atom. The summed E-state index contributed by atoms with van der Waals surface area (Å²) in [5, 5.41) is 0.761. The molecule has 0 atom stereocenters. The Morgan fingerprint density at radius 1 is 1.10 bits per heavy atom. The molecule has 0 bridgehead atoms. The molecule has 0 aromatic heterocycles. The highest BCUT2D eigenvalue weighted by Gasteiger charge is 2.09. The standard InChI is InChI=1S/C17H21ClN2/c1-13-5-3-4-6-15(13)12-20(2)17-11-16(18)8-7-14(17)9-10-19/h3-8,11H,9-10,12,19H2,1-2H3. The number of nitrogens with two attached hydrogens (primary N) is 1. The fourth-order valence-corrected chi connectivity index (χ4v) is 2.55. The summed E-state index contributed by atoms with van der Waals surface area (Å²) < 4.78 is 0. The third kappa shape index (κ3) is 3.53. The average molecular weight is 289 g/mol. The molecule has 2 nitrogen and oxygen atoms in total. The molecular weight excluding hydrogens is 268 g/mol. The number of nitrogens with zero attached hydrogens (tertiary/aromatic N) is 1. The molecule has 0 aliphatic carbocycles. The van der Waals surface area contributed by atoms with Gasteiger partial charge in [0.1, 0.15) is 0 Å². The van der Waals surface area contributed by atoms with Crippen molar-refractivity contribution in [3.63, 3.8) is 0 Å². The fraction of sp³-hybridized carbons (Fsp3) is 0.294. The van der Waals surface area contributed by atoms with E-state index >= 15 is 0 Å². The van der Waals surface area contributed by atoms with Crippen LogP contribution in [0.4, 0.5) is 5.69 Å². The maximum absolute atomic E-state index is 6.14. The van der Waals surface area contributed by atoms with Crippen molar-refractivity contribution in [3.05, 3.63) is 64.2 Å². The number of halogens is 1. The summed E-state index contributed by atoms with van der Waals surface area (Å²) in [7, 11) is 2.10. The zero-order valence-corrected chi connectivity index (χ0v) is 12.8. The molecule has 0 fully saturated rings. The van der Waals surface area contributed by atoms with E-state index in [4.69, 9.17) is 17.3 Å². The lowest BCUT2D eigenvalue weighted by Crippen LogP contribution is -2.19. The van der Waals surface area contributed by atoms with Crippen LogP contribution in [-0.4, -0.2) is 13.6 Å². The van der Waals surface area contributed by atoms with Crippen LogP contribution in [0.15, 0.2) is 42.5 Å². The molecule has 0 unspecified atom stereocenters. The first-order valence-corrected chi connectivity index (χ1v) is 7.23. The van der Waals surface area contributed by atoms with Crippen LogP contribution in [0.1, 0.15) is 16.7 Å². The summed E-state index contributed by atoms with van der Waals surface area (Å²) >= 11 is 6.14. The smallest absolute Gasteiger partial charge is 0.0428 e. The summed E-state index contributed by atoms with van der Waals surface area (Å²) in [6, 6.07) is 14.5. The van der Waals surface area contributed by atoms with E-state index in [0.29, 0.717) is 6.54 Å². The molecule has 3 heteroatoms. The van der Waals surface area contributed by atoms with E-state index in [1.807, 2.05) is 12.1 Å². The van der Waals surface area contributed by atoms with Crippen LogP contribution in [0.25, 0.3) is 0 Å². The predicted molar refractivity (Wildman–Crippen MR) is 87.5 cm³/mol. The van der Waals surface area contributed by atoms with Crippen LogP contribution >= 0.6 is 11.6 Å². The van der Waals surface area contributed by atoms with Gasteiger partial charge >= 0.3 is 0 Å². The highest BCUT2D eigenvalue weighted by Crippen LogP contribution is 2.26. The number of aryl methyl sites for hydroxylation is 1. The Morgan fingerprint density at radius 2 is 1.85 bits per heavy atom. The van der Waals surface area contributed by atoms with E-state index in [-0.39, 0.29) is 0 Å². The van der Waals surface area contributed by atoms with Crippen LogP contribution in [0.3, 0.4) is 0 Å². The summed E-state index contributed by atoms with van der Waals surface area (Å²) in [6.07, 6.45) is 0.866. The lowest BCUT2D eigenvalue weighted by molar-refractivity contribution is 0.887. The third-order valence-electron chi connectivity index (χ3n) is 3.54. The first kappa shape index (κ1) is 14.9. The van der Waals surface area contributed by atoms with Gasteiger partial charge in [0.2, 0.25) is 0 Å². The Labute approximate surface area is 126 Å². The zero-order valence-electron chi connectivity index (χ0n) is 12.1. The molecule has 0 aliphatic rings. The molecule has 2 aromatic rings. The van der Waals surface area contributed by atoms with Crippen molar-refractivity contribution in [1.29, 1.82) is 0 Å². The Bertz CT molecular complexity index is 581. The lowest BCUT2D eigenvalue weighted by atomic mass is 10.1. The van der Waals surface area contributed by atoms with Crippen LogP contribution in [0, 0.1) is 6.92 Å². The second-order valence-electron chi connectivity index (χ2n) is 5.09. The molecule has 20 heavy (non-hydrogen) atoms. The highest BCUT2D eigenvalue weighted by molar-refractivity contribution is 6.30. The van der Waals surface area contributed by atoms with E-state index in [1.54, 1.807) is 0 Å². The summed E-state index contributed by atoms with van der Waals surface area (Å²) in [6.45, 7) is 3.65. The molecule has 2 rings (SSSR count). The minimum Gasteiger partial charge on any atom is -0.370 e. The van der Waals surface area contributed by atoms with Gasteiger partial charge in [-0.15, -0.1) is 0 Å². The van der Waals surface area contributed by atoms with E-state index in [1.165, 1.54) is 16.7 Å². The van der Waals surface area contributed by atoms with Crippen molar-refractivity contribution in [2.75, 3.05) is 18.5 Å². The van der Waals surface area contributed by atoms with E-state index in [0.717, 1.165) is 23.7 Å². The SMILES string of the molecule is Cc1ccccc1CN(C)c1cc(Cl)ccc1CCN. The normalized spacial score (nSPS) is 10.6. The lowest BCUT2D eigenvalue weighted by Gasteiger charge is -2.23. The number of hydrogen-bond donors (Lipinski definition) is 1. The van der Waals surface area contributed by atoms with Crippen molar-refractivity contribution in [2.24, 2.45) is 5.73 Å². The van der Waals surface area contributed by atoms with Gasteiger partial charge in [0.15, 0.2) is 0 Å². The van der Waals surface area contributed by atoms with Gasteiger partial charge in [-0.2, -0.15) is 0 Å². The Hall–Kier alpha value is -1.51. The molecule has 0 heterocycles. The van der Waals surface area contributed by atoms with Gasteiger partial charge in [0, 0.05) is 24.3 Å².